The summed E-state index contributed by atoms with van der Waals surface area (Å²) < 4.78 is 0. The van der Waals surface area contributed by atoms with Crippen molar-refractivity contribution in [3.05, 3.63) is 70.3 Å². The smallest absolute Gasteiger partial charge is 0.253 e. The van der Waals surface area contributed by atoms with E-state index in [1.165, 1.54) is 5.56 Å². The molecule has 0 aromatic heterocycles. The lowest BCUT2D eigenvalue weighted by Crippen LogP contribution is -2.50. The molecule has 0 unspecified atom stereocenters. The molecule has 0 bridgehead atoms. The molecule has 4 nitrogen and oxygen atoms in total. The second-order valence-corrected chi connectivity index (χ2v) is 7.13. The Morgan fingerprint density at radius 2 is 1.46 bits per heavy atom. The number of aryl methyl sites for hydroxylation is 3. The third-order valence-corrected chi connectivity index (χ3v) is 5.00. The molecule has 0 saturated carbocycles. The van der Waals surface area contributed by atoms with Crippen molar-refractivity contribution in [2.24, 2.45) is 0 Å². The summed E-state index contributed by atoms with van der Waals surface area (Å²) in [4.78, 5) is 29.3. The highest BCUT2D eigenvalue weighted by molar-refractivity contribution is 6.00. The predicted octanol–water partition coefficient (Wildman–Crippen LogP) is 3.25. The minimum absolute atomic E-state index is 0.0711. The summed E-state index contributed by atoms with van der Waals surface area (Å²) in [6, 6.07) is 13.5. The van der Waals surface area contributed by atoms with E-state index in [0.717, 1.165) is 35.3 Å². The van der Waals surface area contributed by atoms with E-state index in [0.29, 0.717) is 19.6 Å². The Labute approximate surface area is 155 Å². The lowest BCUT2D eigenvalue weighted by Gasteiger charge is -2.34. The molecule has 2 aromatic carbocycles. The third kappa shape index (κ3) is 4.02. The number of carbonyl (C=O) groups excluding carboxylic acids is 2. The van der Waals surface area contributed by atoms with E-state index >= 15 is 0 Å². The number of rotatable bonds is 4. The monoisotopic (exact) mass is 350 g/mol. The van der Waals surface area contributed by atoms with Gasteiger partial charge in [-0.3, -0.25) is 14.5 Å². The zero-order valence-electron chi connectivity index (χ0n) is 15.8. The van der Waals surface area contributed by atoms with Crippen LogP contribution in [0.5, 0.6) is 0 Å². The van der Waals surface area contributed by atoms with E-state index in [4.69, 9.17) is 0 Å². The van der Waals surface area contributed by atoms with Crippen LogP contribution >= 0.6 is 0 Å². The van der Waals surface area contributed by atoms with Gasteiger partial charge in [0.15, 0.2) is 5.78 Å². The van der Waals surface area contributed by atoms with Gasteiger partial charge in [-0.05, 0) is 44.0 Å². The Kier molecular flexibility index (Phi) is 5.52. The number of hydrogen-bond donors (Lipinski definition) is 0. The Morgan fingerprint density at radius 3 is 2.04 bits per heavy atom. The third-order valence-electron chi connectivity index (χ3n) is 5.00. The van der Waals surface area contributed by atoms with Crippen LogP contribution in [-0.2, 0) is 0 Å². The quantitative estimate of drug-likeness (QED) is 0.795. The van der Waals surface area contributed by atoms with Crippen LogP contribution < -0.4 is 0 Å². The number of amides is 1. The van der Waals surface area contributed by atoms with E-state index in [1.54, 1.807) is 0 Å². The van der Waals surface area contributed by atoms with Gasteiger partial charge < -0.3 is 4.90 Å². The number of ketones is 1. The number of hydrogen-bond acceptors (Lipinski definition) is 3. The van der Waals surface area contributed by atoms with Crippen LogP contribution in [0.4, 0.5) is 0 Å². The van der Waals surface area contributed by atoms with Gasteiger partial charge in [-0.25, -0.2) is 0 Å². The predicted molar refractivity (Wildman–Crippen MR) is 104 cm³/mol. The number of Topliss-reactive ketones (excluding diaryl/α,β-unsaturated/α-hetero) is 1. The van der Waals surface area contributed by atoms with Crippen LogP contribution in [0.2, 0.25) is 0 Å². The molecule has 0 aliphatic carbocycles. The van der Waals surface area contributed by atoms with Crippen LogP contribution in [0.3, 0.4) is 0 Å². The van der Waals surface area contributed by atoms with Crippen molar-refractivity contribution in [3.63, 3.8) is 0 Å². The van der Waals surface area contributed by atoms with Gasteiger partial charge in [0.2, 0.25) is 0 Å². The van der Waals surface area contributed by atoms with Crippen molar-refractivity contribution in [3.8, 4) is 0 Å². The fourth-order valence-corrected chi connectivity index (χ4v) is 3.77. The molecule has 1 amide bonds. The van der Waals surface area contributed by atoms with E-state index in [2.05, 4.69) is 24.0 Å². The van der Waals surface area contributed by atoms with Crippen molar-refractivity contribution in [1.29, 1.82) is 0 Å². The second kappa shape index (κ2) is 7.83. The van der Waals surface area contributed by atoms with E-state index in [1.807, 2.05) is 49.1 Å². The summed E-state index contributed by atoms with van der Waals surface area (Å²) in [5.41, 5.74) is 4.85. The fraction of sp³-hybridized carbons (Fsp3) is 0.364. The van der Waals surface area contributed by atoms with E-state index in [9.17, 15) is 9.59 Å². The van der Waals surface area contributed by atoms with Gasteiger partial charge in [-0.1, -0.05) is 35.9 Å². The van der Waals surface area contributed by atoms with E-state index < -0.39 is 0 Å². The van der Waals surface area contributed by atoms with Gasteiger partial charge in [0.1, 0.15) is 0 Å². The molecule has 1 aliphatic rings. The van der Waals surface area contributed by atoms with Crippen LogP contribution in [0, 0.1) is 20.8 Å². The maximum absolute atomic E-state index is 12.8. The molecule has 4 heteroatoms. The zero-order chi connectivity index (χ0) is 18.7. The van der Waals surface area contributed by atoms with Crippen molar-refractivity contribution in [1.82, 2.24) is 9.80 Å². The molecule has 0 spiro atoms. The zero-order valence-corrected chi connectivity index (χ0v) is 15.8. The molecule has 0 radical (unpaired) electrons. The Hall–Kier alpha value is -2.46. The summed E-state index contributed by atoms with van der Waals surface area (Å²) in [5.74, 6) is 0.240. The first-order valence-corrected chi connectivity index (χ1v) is 9.13. The first kappa shape index (κ1) is 18.3. The van der Waals surface area contributed by atoms with Crippen molar-refractivity contribution < 1.29 is 9.59 Å². The molecule has 1 aliphatic heterocycles. The Balaban J connectivity index is 1.59. The van der Waals surface area contributed by atoms with Gasteiger partial charge in [-0.15, -0.1) is 0 Å². The summed E-state index contributed by atoms with van der Waals surface area (Å²) in [6.07, 6.45) is 0. The van der Waals surface area contributed by atoms with Gasteiger partial charge in [0.25, 0.3) is 5.91 Å². The van der Waals surface area contributed by atoms with Gasteiger partial charge >= 0.3 is 0 Å². The lowest BCUT2D eigenvalue weighted by atomic mass is 9.96. The largest absolute Gasteiger partial charge is 0.336 e. The van der Waals surface area contributed by atoms with Crippen LogP contribution in [-0.4, -0.2) is 54.2 Å². The highest BCUT2D eigenvalue weighted by Gasteiger charge is 2.24. The molecule has 1 saturated heterocycles. The minimum Gasteiger partial charge on any atom is -0.336 e. The molecule has 2 aromatic rings. The van der Waals surface area contributed by atoms with Gasteiger partial charge in [0, 0.05) is 37.3 Å². The maximum atomic E-state index is 12.8. The van der Waals surface area contributed by atoms with Crippen molar-refractivity contribution in [2.75, 3.05) is 32.7 Å². The molecule has 0 N–H and O–H groups in total. The molecular weight excluding hydrogens is 324 g/mol. The minimum atomic E-state index is 0.0711. The summed E-state index contributed by atoms with van der Waals surface area (Å²) in [6.45, 7) is 9.25. The average molecular weight is 350 g/mol. The molecule has 136 valence electrons. The average Bonchev–Trinajstić information content (AvgIpc) is 2.61. The van der Waals surface area contributed by atoms with Gasteiger partial charge in [0.05, 0.1) is 6.54 Å². The number of benzene rings is 2. The Bertz CT molecular complexity index is 783. The Morgan fingerprint density at radius 1 is 0.885 bits per heavy atom. The second-order valence-electron chi connectivity index (χ2n) is 7.13. The fourth-order valence-electron chi connectivity index (χ4n) is 3.77. The van der Waals surface area contributed by atoms with Crippen molar-refractivity contribution >= 4 is 11.7 Å². The highest BCUT2D eigenvalue weighted by atomic mass is 16.2. The topological polar surface area (TPSA) is 40.6 Å². The molecule has 1 heterocycles. The number of carbonyl (C=O) groups is 2. The maximum Gasteiger partial charge on any atom is 0.253 e. The van der Waals surface area contributed by atoms with Crippen molar-refractivity contribution in [2.45, 2.75) is 20.8 Å². The normalized spacial score (nSPS) is 15.1. The number of nitrogens with zero attached hydrogens (tertiary/aromatic N) is 2. The molecular formula is C22H26N2O2. The lowest BCUT2D eigenvalue weighted by molar-refractivity contribution is 0.0624. The number of piperazine rings is 1. The molecule has 3 rings (SSSR count). The molecule has 1 fully saturated rings. The van der Waals surface area contributed by atoms with Crippen LogP contribution in [0.25, 0.3) is 0 Å². The standard InChI is InChI=1S/C22H26N2O2/c1-16-13-17(2)21(18(3)14-16)20(25)15-23-9-11-24(12-10-23)22(26)19-7-5-4-6-8-19/h4-8,13-14H,9-12,15H2,1-3H3. The highest BCUT2D eigenvalue weighted by Crippen LogP contribution is 2.18. The first-order chi connectivity index (χ1) is 12.5. The van der Waals surface area contributed by atoms with Gasteiger partial charge in [-0.2, -0.15) is 0 Å². The van der Waals surface area contributed by atoms with Crippen LogP contribution in [0.15, 0.2) is 42.5 Å². The first-order valence-electron chi connectivity index (χ1n) is 9.13. The molecule has 0 atom stereocenters. The summed E-state index contributed by atoms with van der Waals surface area (Å²) in [5, 5.41) is 0. The SMILES string of the molecule is Cc1cc(C)c(C(=O)CN2CCN(C(=O)c3ccccc3)CC2)c(C)c1. The summed E-state index contributed by atoms with van der Waals surface area (Å²) in [7, 11) is 0. The van der Waals surface area contributed by atoms with E-state index in [-0.39, 0.29) is 11.7 Å². The molecule has 26 heavy (non-hydrogen) atoms. The summed E-state index contributed by atoms with van der Waals surface area (Å²) >= 11 is 0. The van der Waals surface area contributed by atoms with Crippen LogP contribution in [0.1, 0.15) is 37.4 Å².